The van der Waals surface area contributed by atoms with Gasteiger partial charge in [-0.2, -0.15) is 0 Å². The van der Waals surface area contributed by atoms with E-state index < -0.39 is 0 Å². The van der Waals surface area contributed by atoms with Crippen molar-refractivity contribution in [3.8, 4) is 5.75 Å². The molecule has 0 saturated carbocycles. The maximum absolute atomic E-state index is 12.7. The molecule has 0 spiro atoms. The van der Waals surface area contributed by atoms with Gasteiger partial charge in [0.15, 0.2) is 17.6 Å². The standard InChI is InChI=1S/C23H27N3O4/c1-5-25-16(3)26(21-13-18(9-12-20(21)25)23(28)30-6-2)15-22(27)24-14-17-7-10-19(29-4)11-8-17/h7-13H,5-6,14-15H2,1-4H3/p+1. The Balaban J connectivity index is 1.82. The van der Waals surface area contributed by atoms with Gasteiger partial charge in [0.25, 0.3) is 11.7 Å². The first-order valence-electron chi connectivity index (χ1n) is 10.1. The minimum absolute atomic E-state index is 0.101. The highest BCUT2D eigenvalue weighted by Crippen LogP contribution is 2.18. The van der Waals surface area contributed by atoms with Crippen molar-refractivity contribution < 1.29 is 23.6 Å². The SMILES string of the molecule is CCOC(=O)c1ccc2c(c1)n(CC(=O)NCc1ccc(OC)cc1)c(C)[n+]2CC. The summed E-state index contributed by atoms with van der Waals surface area (Å²) in [7, 11) is 1.62. The maximum atomic E-state index is 12.7. The van der Waals surface area contributed by atoms with E-state index in [1.165, 1.54) is 0 Å². The Labute approximate surface area is 176 Å². The third kappa shape index (κ3) is 4.45. The summed E-state index contributed by atoms with van der Waals surface area (Å²) >= 11 is 0. The summed E-state index contributed by atoms with van der Waals surface area (Å²) in [5, 5.41) is 2.96. The van der Waals surface area contributed by atoms with E-state index in [2.05, 4.69) is 16.8 Å². The average Bonchev–Trinajstić information content (AvgIpc) is 3.02. The Kier molecular flexibility index (Phi) is 6.72. The van der Waals surface area contributed by atoms with E-state index in [9.17, 15) is 9.59 Å². The fourth-order valence-corrected chi connectivity index (χ4v) is 3.55. The first-order valence-corrected chi connectivity index (χ1v) is 10.1. The summed E-state index contributed by atoms with van der Waals surface area (Å²) in [5.41, 5.74) is 3.28. The number of nitrogens with zero attached hydrogens (tertiary/aromatic N) is 2. The molecule has 0 aliphatic heterocycles. The van der Waals surface area contributed by atoms with E-state index in [1.807, 2.05) is 41.8 Å². The molecule has 1 aromatic heterocycles. The zero-order chi connectivity index (χ0) is 21.7. The number of carbonyl (C=O) groups excluding carboxylic acids is 2. The third-order valence-electron chi connectivity index (χ3n) is 5.12. The van der Waals surface area contributed by atoms with Gasteiger partial charge >= 0.3 is 5.97 Å². The third-order valence-corrected chi connectivity index (χ3v) is 5.12. The fraction of sp³-hybridized carbons (Fsp3) is 0.348. The van der Waals surface area contributed by atoms with Crippen LogP contribution in [0.5, 0.6) is 5.75 Å². The lowest BCUT2D eigenvalue weighted by molar-refractivity contribution is -0.674. The predicted octanol–water partition coefficient (Wildman–Crippen LogP) is 2.76. The molecule has 0 fully saturated rings. The van der Waals surface area contributed by atoms with Crippen molar-refractivity contribution in [3.63, 3.8) is 0 Å². The zero-order valence-corrected chi connectivity index (χ0v) is 17.9. The number of fused-ring (bicyclic) bond motifs is 1. The van der Waals surface area contributed by atoms with Crippen LogP contribution in [0.1, 0.15) is 35.6 Å². The smallest absolute Gasteiger partial charge is 0.338 e. The van der Waals surface area contributed by atoms with Gasteiger partial charge in [-0.15, -0.1) is 0 Å². The van der Waals surface area contributed by atoms with Gasteiger partial charge < -0.3 is 14.8 Å². The summed E-state index contributed by atoms with van der Waals surface area (Å²) in [4.78, 5) is 24.8. The average molecular weight is 410 g/mol. The minimum Gasteiger partial charge on any atom is -0.497 e. The molecule has 0 bridgehead atoms. The Morgan fingerprint density at radius 1 is 1.10 bits per heavy atom. The lowest BCUT2D eigenvalue weighted by atomic mass is 10.2. The molecule has 158 valence electrons. The summed E-state index contributed by atoms with van der Waals surface area (Å²) in [5.74, 6) is 1.27. The van der Waals surface area contributed by atoms with Crippen LogP contribution in [0.4, 0.5) is 0 Å². The number of aryl methyl sites for hydroxylation is 1. The number of ether oxygens (including phenoxy) is 2. The van der Waals surface area contributed by atoms with Gasteiger partial charge in [-0.05, 0) is 43.7 Å². The number of imidazole rings is 1. The van der Waals surface area contributed by atoms with Crippen LogP contribution in [0.25, 0.3) is 11.0 Å². The molecular formula is C23H28N3O4+. The molecule has 0 atom stereocenters. The number of hydrogen-bond acceptors (Lipinski definition) is 4. The van der Waals surface area contributed by atoms with Crippen molar-refractivity contribution in [2.45, 2.75) is 40.4 Å². The Morgan fingerprint density at radius 2 is 1.83 bits per heavy atom. The highest BCUT2D eigenvalue weighted by molar-refractivity contribution is 5.93. The number of methoxy groups -OCH3 is 1. The van der Waals surface area contributed by atoms with E-state index in [0.717, 1.165) is 34.7 Å². The molecule has 0 unspecified atom stereocenters. The summed E-state index contributed by atoms with van der Waals surface area (Å²) in [6.07, 6.45) is 0. The molecule has 0 aliphatic carbocycles. The van der Waals surface area contributed by atoms with Crippen LogP contribution in [-0.4, -0.2) is 30.2 Å². The molecule has 0 saturated heterocycles. The van der Waals surface area contributed by atoms with Crippen molar-refractivity contribution in [1.29, 1.82) is 0 Å². The highest BCUT2D eigenvalue weighted by atomic mass is 16.5. The van der Waals surface area contributed by atoms with Crippen LogP contribution in [0, 0.1) is 6.92 Å². The molecule has 30 heavy (non-hydrogen) atoms. The van der Waals surface area contributed by atoms with Gasteiger partial charge in [-0.25, -0.2) is 13.9 Å². The van der Waals surface area contributed by atoms with Crippen molar-refractivity contribution >= 4 is 22.9 Å². The monoisotopic (exact) mass is 410 g/mol. The molecule has 1 N–H and O–H groups in total. The number of esters is 1. The topological polar surface area (TPSA) is 73.4 Å². The normalized spacial score (nSPS) is 10.8. The van der Waals surface area contributed by atoms with Crippen molar-refractivity contribution in [1.82, 2.24) is 9.88 Å². The Morgan fingerprint density at radius 3 is 2.47 bits per heavy atom. The van der Waals surface area contributed by atoms with Gasteiger partial charge in [0, 0.05) is 19.5 Å². The van der Waals surface area contributed by atoms with Gasteiger partial charge in [0.2, 0.25) is 0 Å². The first-order chi connectivity index (χ1) is 14.5. The highest BCUT2D eigenvalue weighted by Gasteiger charge is 2.24. The van der Waals surface area contributed by atoms with E-state index in [0.29, 0.717) is 18.7 Å². The second kappa shape index (κ2) is 9.43. The molecule has 1 heterocycles. The van der Waals surface area contributed by atoms with Crippen molar-refractivity contribution in [3.05, 3.63) is 59.4 Å². The Bertz CT molecular complexity index is 1050. The largest absolute Gasteiger partial charge is 0.497 e. The number of carbonyl (C=O) groups is 2. The molecule has 7 heteroatoms. The van der Waals surface area contributed by atoms with Crippen LogP contribution in [0.3, 0.4) is 0 Å². The van der Waals surface area contributed by atoms with Gasteiger partial charge in [-0.1, -0.05) is 12.1 Å². The second-order valence-corrected chi connectivity index (χ2v) is 6.93. The van der Waals surface area contributed by atoms with E-state index in [1.54, 1.807) is 26.2 Å². The molecule has 0 aliphatic rings. The van der Waals surface area contributed by atoms with Crippen LogP contribution in [0.15, 0.2) is 42.5 Å². The van der Waals surface area contributed by atoms with E-state index >= 15 is 0 Å². The number of benzene rings is 2. The quantitative estimate of drug-likeness (QED) is 0.458. The van der Waals surface area contributed by atoms with Crippen LogP contribution < -0.4 is 14.6 Å². The van der Waals surface area contributed by atoms with Gasteiger partial charge in [-0.3, -0.25) is 4.79 Å². The van der Waals surface area contributed by atoms with Gasteiger partial charge in [0.1, 0.15) is 5.75 Å². The molecule has 7 nitrogen and oxygen atoms in total. The van der Waals surface area contributed by atoms with Crippen molar-refractivity contribution in [2.75, 3.05) is 13.7 Å². The number of aromatic nitrogens is 2. The van der Waals surface area contributed by atoms with Crippen molar-refractivity contribution in [2.24, 2.45) is 0 Å². The lowest BCUT2D eigenvalue weighted by Gasteiger charge is -2.06. The molecule has 3 rings (SSSR count). The number of hydrogen-bond donors (Lipinski definition) is 1. The van der Waals surface area contributed by atoms with Gasteiger partial charge in [0.05, 0.1) is 25.8 Å². The summed E-state index contributed by atoms with van der Waals surface area (Å²) in [6.45, 7) is 7.49. The first kappa shape index (κ1) is 21.4. The number of amides is 1. The number of nitrogens with one attached hydrogen (secondary N) is 1. The van der Waals surface area contributed by atoms with Crippen LogP contribution in [0.2, 0.25) is 0 Å². The molecule has 3 aromatic rings. The molecule has 2 aromatic carbocycles. The lowest BCUT2D eigenvalue weighted by Crippen LogP contribution is -2.36. The summed E-state index contributed by atoms with van der Waals surface area (Å²) in [6, 6.07) is 13.0. The Hall–Kier alpha value is -3.35. The minimum atomic E-state index is -0.364. The molecular weight excluding hydrogens is 382 g/mol. The van der Waals surface area contributed by atoms with Crippen LogP contribution >= 0.6 is 0 Å². The number of rotatable bonds is 8. The van der Waals surface area contributed by atoms with Crippen LogP contribution in [-0.2, 0) is 29.2 Å². The second-order valence-electron chi connectivity index (χ2n) is 6.93. The molecule has 1 amide bonds. The maximum Gasteiger partial charge on any atom is 0.338 e. The molecule has 0 radical (unpaired) electrons. The summed E-state index contributed by atoms with van der Waals surface area (Å²) < 4.78 is 14.3. The van der Waals surface area contributed by atoms with E-state index in [-0.39, 0.29) is 18.4 Å². The predicted molar refractivity (Wildman–Crippen MR) is 113 cm³/mol. The zero-order valence-electron chi connectivity index (χ0n) is 17.9. The fourth-order valence-electron chi connectivity index (χ4n) is 3.55. The van der Waals surface area contributed by atoms with E-state index in [4.69, 9.17) is 9.47 Å².